The molecule has 0 spiro atoms. The van der Waals surface area contributed by atoms with E-state index in [9.17, 15) is 9.59 Å². The van der Waals surface area contributed by atoms with Crippen LogP contribution in [0.5, 0.6) is 0 Å². The minimum Gasteiger partial charge on any atom is -0.344 e. The Morgan fingerprint density at radius 2 is 2.09 bits per heavy atom. The number of likely N-dealkylation sites (N-methyl/N-ethyl adjacent to an activating group) is 1. The number of amides is 2. The van der Waals surface area contributed by atoms with E-state index in [2.05, 4.69) is 16.6 Å². The van der Waals surface area contributed by atoms with E-state index in [1.807, 2.05) is 30.5 Å². The van der Waals surface area contributed by atoms with Gasteiger partial charge in [0.1, 0.15) is 0 Å². The number of nitrogens with zero attached hydrogens (tertiary/aromatic N) is 1. The van der Waals surface area contributed by atoms with Gasteiger partial charge in [-0.25, -0.2) is 0 Å². The Labute approximate surface area is 135 Å². The second kappa shape index (κ2) is 9.13. The van der Waals surface area contributed by atoms with Crippen LogP contribution in [-0.4, -0.2) is 49.1 Å². The minimum absolute atomic E-state index is 0.118. The summed E-state index contributed by atoms with van der Waals surface area (Å²) < 4.78 is 0. The van der Waals surface area contributed by atoms with Crippen LogP contribution < -0.4 is 10.6 Å². The molecule has 0 aromatic heterocycles. The van der Waals surface area contributed by atoms with Crippen molar-refractivity contribution >= 4 is 29.3 Å². The molecule has 1 aromatic carbocycles. The molecule has 0 aliphatic heterocycles. The molecule has 0 bridgehead atoms. The number of nitrogens with one attached hydrogen (secondary N) is 2. The summed E-state index contributed by atoms with van der Waals surface area (Å²) in [6.45, 7) is 2.03. The maximum Gasteiger partial charge on any atom is 0.238 e. The number of benzene rings is 1. The van der Waals surface area contributed by atoms with Crippen LogP contribution in [0.4, 0.5) is 5.69 Å². The topological polar surface area (TPSA) is 61.4 Å². The average Bonchev–Trinajstić information content (AvgIpc) is 2.52. The first-order chi connectivity index (χ1) is 10.5. The molecule has 1 rings (SSSR count). The average molecular weight is 319 g/mol. The molecular formula is C16H21N3O2S. The van der Waals surface area contributed by atoms with Gasteiger partial charge >= 0.3 is 0 Å². The number of anilines is 1. The standard InChI is InChI=1S/C16H21N3O2S/c1-5-10-17-16(21)12(2)19(3)11-15(20)18-13-8-6-7-9-14(13)22-4/h1,6-9,12H,10-11H2,2-4H3,(H,17,21)(H,18,20). The number of thioether (sulfide) groups is 1. The Kier molecular flexibility index (Phi) is 7.50. The highest BCUT2D eigenvalue weighted by Gasteiger charge is 2.19. The molecular weight excluding hydrogens is 298 g/mol. The number of hydrogen-bond donors (Lipinski definition) is 2. The molecule has 5 nitrogen and oxygen atoms in total. The molecule has 1 aromatic rings. The molecule has 22 heavy (non-hydrogen) atoms. The van der Waals surface area contributed by atoms with Crippen molar-refractivity contribution in [3.8, 4) is 12.3 Å². The summed E-state index contributed by atoms with van der Waals surface area (Å²) in [6, 6.07) is 7.16. The Morgan fingerprint density at radius 3 is 2.73 bits per heavy atom. The third-order valence-electron chi connectivity index (χ3n) is 3.18. The second-order valence-electron chi connectivity index (χ2n) is 4.76. The summed E-state index contributed by atoms with van der Waals surface area (Å²) in [5.41, 5.74) is 0.776. The van der Waals surface area contributed by atoms with Crippen LogP contribution >= 0.6 is 11.8 Å². The van der Waals surface area contributed by atoms with Crippen LogP contribution in [-0.2, 0) is 9.59 Å². The molecule has 0 saturated carbocycles. The first-order valence-electron chi connectivity index (χ1n) is 6.83. The van der Waals surface area contributed by atoms with Crippen LogP contribution in [0.1, 0.15) is 6.92 Å². The van der Waals surface area contributed by atoms with E-state index in [-0.39, 0.29) is 24.9 Å². The molecule has 0 saturated heterocycles. The molecule has 0 fully saturated rings. The van der Waals surface area contributed by atoms with Gasteiger partial charge < -0.3 is 10.6 Å². The maximum absolute atomic E-state index is 12.1. The zero-order valence-corrected chi connectivity index (χ0v) is 13.9. The Morgan fingerprint density at radius 1 is 1.41 bits per heavy atom. The van der Waals surface area contributed by atoms with E-state index in [1.54, 1.807) is 30.6 Å². The number of hydrogen-bond acceptors (Lipinski definition) is 4. The van der Waals surface area contributed by atoms with Gasteiger partial charge in [0.2, 0.25) is 11.8 Å². The summed E-state index contributed by atoms with van der Waals surface area (Å²) in [6.07, 6.45) is 7.06. The van der Waals surface area contributed by atoms with Gasteiger partial charge in [0.15, 0.2) is 0 Å². The predicted molar refractivity (Wildman–Crippen MR) is 90.8 cm³/mol. The van der Waals surface area contributed by atoms with E-state index >= 15 is 0 Å². The molecule has 2 amide bonds. The summed E-state index contributed by atoms with van der Waals surface area (Å²) >= 11 is 1.57. The van der Waals surface area contributed by atoms with E-state index in [0.29, 0.717) is 0 Å². The number of carbonyl (C=O) groups excluding carboxylic acids is 2. The highest BCUT2D eigenvalue weighted by atomic mass is 32.2. The number of carbonyl (C=O) groups is 2. The molecule has 118 valence electrons. The van der Waals surface area contributed by atoms with Crippen LogP contribution in [0.25, 0.3) is 0 Å². The molecule has 0 radical (unpaired) electrons. The first-order valence-corrected chi connectivity index (χ1v) is 8.06. The van der Waals surface area contributed by atoms with Crippen molar-refractivity contribution in [1.82, 2.24) is 10.2 Å². The molecule has 6 heteroatoms. The van der Waals surface area contributed by atoms with Crippen molar-refractivity contribution in [3.63, 3.8) is 0 Å². The van der Waals surface area contributed by atoms with Crippen molar-refractivity contribution < 1.29 is 9.59 Å². The molecule has 1 atom stereocenters. The van der Waals surface area contributed by atoms with Crippen molar-refractivity contribution in [2.45, 2.75) is 17.9 Å². The monoisotopic (exact) mass is 319 g/mol. The molecule has 0 aliphatic carbocycles. The van der Waals surface area contributed by atoms with Gasteiger partial charge in [-0.2, -0.15) is 0 Å². The molecule has 1 unspecified atom stereocenters. The smallest absolute Gasteiger partial charge is 0.238 e. The lowest BCUT2D eigenvalue weighted by molar-refractivity contribution is -0.126. The van der Waals surface area contributed by atoms with Crippen LogP contribution in [0.3, 0.4) is 0 Å². The quantitative estimate of drug-likeness (QED) is 0.589. The second-order valence-corrected chi connectivity index (χ2v) is 5.61. The minimum atomic E-state index is -0.435. The van der Waals surface area contributed by atoms with Crippen molar-refractivity contribution in [2.75, 3.05) is 31.7 Å². The zero-order valence-electron chi connectivity index (χ0n) is 13.1. The van der Waals surface area contributed by atoms with Gasteiger partial charge in [0, 0.05) is 4.90 Å². The first kappa shape index (κ1) is 18.1. The summed E-state index contributed by atoms with van der Waals surface area (Å²) in [5.74, 6) is 1.98. The fourth-order valence-corrected chi connectivity index (χ4v) is 2.34. The van der Waals surface area contributed by atoms with Crippen molar-refractivity contribution in [2.24, 2.45) is 0 Å². The van der Waals surface area contributed by atoms with Gasteiger partial charge in [-0.1, -0.05) is 18.1 Å². The maximum atomic E-state index is 12.1. The summed E-state index contributed by atoms with van der Waals surface area (Å²) in [5, 5.41) is 5.47. The Bertz CT molecular complexity index is 569. The molecule has 0 heterocycles. The Hall–Kier alpha value is -1.97. The largest absolute Gasteiger partial charge is 0.344 e. The third kappa shape index (κ3) is 5.43. The van der Waals surface area contributed by atoms with Gasteiger partial charge in [-0.3, -0.25) is 14.5 Å². The predicted octanol–water partition coefficient (Wildman–Crippen LogP) is 1.42. The lowest BCUT2D eigenvalue weighted by atomic mass is 10.2. The van der Waals surface area contributed by atoms with Crippen molar-refractivity contribution in [1.29, 1.82) is 0 Å². The van der Waals surface area contributed by atoms with Gasteiger partial charge in [-0.05, 0) is 32.4 Å². The lowest BCUT2D eigenvalue weighted by Crippen LogP contribution is -2.46. The van der Waals surface area contributed by atoms with E-state index < -0.39 is 6.04 Å². The fourth-order valence-electron chi connectivity index (χ4n) is 1.79. The van der Waals surface area contributed by atoms with Crippen LogP contribution in [0.15, 0.2) is 29.2 Å². The highest BCUT2D eigenvalue weighted by molar-refractivity contribution is 7.98. The third-order valence-corrected chi connectivity index (χ3v) is 3.98. The van der Waals surface area contributed by atoms with Gasteiger partial charge in [0.25, 0.3) is 0 Å². The summed E-state index contributed by atoms with van der Waals surface area (Å²) in [4.78, 5) is 26.6. The highest BCUT2D eigenvalue weighted by Crippen LogP contribution is 2.24. The number of terminal acetylenes is 1. The number of para-hydroxylation sites is 1. The zero-order chi connectivity index (χ0) is 16.5. The van der Waals surface area contributed by atoms with Gasteiger partial charge in [0.05, 0.1) is 24.8 Å². The molecule has 2 N–H and O–H groups in total. The number of rotatable bonds is 7. The van der Waals surface area contributed by atoms with Crippen LogP contribution in [0.2, 0.25) is 0 Å². The molecule has 0 aliphatic rings. The lowest BCUT2D eigenvalue weighted by Gasteiger charge is -2.23. The van der Waals surface area contributed by atoms with Gasteiger partial charge in [-0.15, -0.1) is 18.2 Å². The normalized spacial score (nSPS) is 11.6. The van der Waals surface area contributed by atoms with E-state index in [1.165, 1.54) is 0 Å². The van der Waals surface area contributed by atoms with E-state index in [4.69, 9.17) is 6.42 Å². The summed E-state index contributed by atoms with van der Waals surface area (Å²) in [7, 11) is 1.72. The Balaban J connectivity index is 2.57. The van der Waals surface area contributed by atoms with Crippen molar-refractivity contribution in [3.05, 3.63) is 24.3 Å². The van der Waals surface area contributed by atoms with E-state index in [0.717, 1.165) is 10.6 Å². The SMILES string of the molecule is C#CCNC(=O)C(C)N(C)CC(=O)Nc1ccccc1SC. The van der Waals surface area contributed by atoms with Crippen LogP contribution in [0, 0.1) is 12.3 Å². The fraction of sp³-hybridized carbons (Fsp3) is 0.375.